The van der Waals surface area contributed by atoms with Gasteiger partial charge in [-0.15, -0.1) is 13.2 Å². The molecular formula is C22H29F5N6O2. The Balaban J connectivity index is 1.59. The van der Waals surface area contributed by atoms with Crippen molar-refractivity contribution in [1.82, 2.24) is 24.4 Å². The van der Waals surface area contributed by atoms with E-state index in [1.807, 2.05) is 0 Å². The van der Waals surface area contributed by atoms with Crippen molar-refractivity contribution in [2.45, 2.75) is 69.4 Å². The highest BCUT2D eigenvalue weighted by Gasteiger charge is 2.52. The second-order valence-electron chi connectivity index (χ2n) is 9.40. The second kappa shape index (κ2) is 9.49. The van der Waals surface area contributed by atoms with Crippen molar-refractivity contribution in [2.75, 3.05) is 20.3 Å². The fraction of sp³-hybridized carbons (Fsp3) is 0.682. The number of carbonyl (C=O) groups is 1. The molecule has 2 aliphatic rings. The molecular weight excluding hydrogens is 475 g/mol. The summed E-state index contributed by atoms with van der Waals surface area (Å²) < 4.78 is 73.9. The first-order chi connectivity index (χ1) is 16.4. The van der Waals surface area contributed by atoms with Crippen LogP contribution in [0.1, 0.15) is 62.4 Å². The van der Waals surface area contributed by atoms with Crippen LogP contribution >= 0.6 is 0 Å². The Morgan fingerprint density at radius 2 is 1.97 bits per heavy atom. The molecule has 0 unspecified atom stereocenters. The summed E-state index contributed by atoms with van der Waals surface area (Å²) in [6.07, 6.45) is -1.22. The van der Waals surface area contributed by atoms with Gasteiger partial charge in [0.25, 0.3) is 0 Å². The summed E-state index contributed by atoms with van der Waals surface area (Å²) in [6, 6.07) is -1.74. The van der Waals surface area contributed by atoms with E-state index in [0.717, 1.165) is 0 Å². The van der Waals surface area contributed by atoms with E-state index in [1.165, 1.54) is 29.6 Å². The van der Waals surface area contributed by atoms with Crippen molar-refractivity contribution < 1.29 is 31.5 Å². The van der Waals surface area contributed by atoms with Crippen LogP contribution in [-0.4, -0.2) is 69.0 Å². The number of nitrogens with two attached hydrogens (primary N) is 1. The molecule has 3 atom stereocenters. The SMILES string of the molecule is COCC[C@H](c1cnn2cc([C@@H](N)C3CCC(F)(F)CC3)nc2c1)N1C[C@H](C)N(C(F)(F)F)C1=O. The van der Waals surface area contributed by atoms with Gasteiger partial charge < -0.3 is 15.4 Å². The standard InChI is InChI=1S/C22H29F5N6O2/c1-13-11-31(20(34)33(13)22(25,26)27)17(5-8-35-2)15-9-18-30-16(12-32(18)29-10-15)19(28)14-3-6-21(23,24)7-4-14/h9-10,12-14,17,19H,3-8,11,28H2,1-2H3/t13-,17+,19-/m0/s1. The molecule has 35 heavy (non-hydrogen) atoms. The molecule has 3 heterocycles. The van der Waals surface area contributed by atoms with Gasteiger partial charge in [0.15, 0.2) is 5.65 Å². The van der Waals surface area contributed by atoms with Gasteiger partial charge in [0, 0.05) is 33.1 Å². The second-order valence-corrected chi connectivity index (χ2v) is 9.40. The van der Waals surface area contributed by atoms with Gasteiger partial charge >= 0.3 is 12.3 Å². The number of hydrogen-bond donors (Lipinski definition) is 1. The first-order valence-corrected chi connectivity index (χ1v) is 11.6. The third-order valence-corrected chi connectivity index (χ3v) is 6.95. The van der Waals surface area contributed by atoms with Gasteiger partial charge in [0.05, 0.1) is 36.2 Å². The van der Waals surface area contributed by atoms with Crippen LogP contribution in [-0.2, 0) is 4.74 Å². The zero-order valence-electron chi connectivity index (χ0n) is 19.5. The van der Waals surface area contributed by atoms with Crippen LogP contribution in [0.5, 0.6) is 0 Å². The average molecular weight is 505 g/mol. The number of rotatable bonds is 7. The van der Waals surface area contributed by atoms with E-state index < -0.39 is 36.4 Å². The number of nitrogens with zero attached hydrogens (tertiary/aromatic N) is 5. The lowest BCUT2D eigenvalue weighted by Gasteiger charge is -2.31. The molecule has 0 radical (unpaired) electrons. The Labute approximate surface area is 199 Å². The monoisotopic (exact) mass is 504 g/mol. The maximum atomic E-state index is 13.5. The summed E-state index contributed by atoms with van der Waals surface area (Å²) in [5.74, 6) is -2.79. The van der Waals surface area contributed by atoms with Crippen molar-refractivity contribution in [3.8, 4) is 0 Å². The normalized spacial score (nSPS) is 23.3. The van der Waals surface area contributed by atoms with E-state index in [9.17, 15) is 26.7 Å². The third kappa shape index (κ3) is 5.20. The van der Waals surface area contributed by atoms with Crippen LogP contribution in [0.3, 0.4) is 0 Å². The molecule has 1 aliphatic carbocycles. The molecule has 1 aliphatic heterocycles. The summed E-state index contributed by atoms with van der Waals surface area (Å²) >= 11 is 0. The number of imidazole rings is 1. The van der Waals surface area contributed by atoms with Crippen LogP contribution in [0.25, 0.3) is 5.65 Å². The zero-order valence-corrected chi connectivity index (χ0v) is 19.5. The Morgan fingerprint density at radius 3 is 2.57 bits per heavy atom. The van der Waals surface area contributed by atoms with Gasteiger partial charge in [-0.2, -0.15) is 5.10 Å². The molecule has 1 saturated heterocycles. The quantitative estimate of drug-likeness (QED) is 0.449. The fourth-order valence-corrected chi connectivity index (χ4v) is 5.04. The number of carbonyl (C=O) groups excluding carboxylic acids is 1. The predicted octanol–water partition coefficient (Wildman–Crippen LogP) is 4.28. The minimum atomic E-state index is -4.78. The highest BCUT2D eigenvalue weighted by Crippen LogP contribution is 2.40. The van der Waals surface area contributed by atoms with Crippen molar-refractivity contribution >= 4 is 11.7 Å². The third-order valence-electron chi connectivity index (χ3n) is 6.95. The van der Waals surface area contributed by atoms with Crippen LogP contribution in [0.2, 0.25) is 0 Å². The molecule has 0 aromatic carbocycles. The van der Waals surface area contributed by atoms with Crippen molar-refractivity contribution in [1.29, 1.82) is 0 Å². The van der Waals surface area contributed by atoms with Gasteiger partial charge in [0.1, 0.15) is 0 Å². The number of halogens is 5. The first-order valence-electron chi connectivity index (χ1n) is 11.6. The number of hydrogen-bond acceptors (Lipinski definition) is 5. The highest BCUT2D eigenvalue weighted by molar-refractivity contribution is 5.78. The van der Waals surface area contributed by atoms with Crippen molar-refractivity contribution in [3.63, 3.8) is 0 Å². The molecule has 0 spiro atoms. The van der Waals surface area contributed by atoms with E-state index in [4.69, 9.17) is 10.5 Å². The lowest BCUT2D eigenvalue weighted by molar-refractivity contribution is -0.227. The van der Waals surface area contributed by atoms with Crippen molar-refractivity contribution in [3.05, 3.63) is 29.7 Å². The molecule has 2 aromatic heterocycles. The fourth-order valence-electron chi connectivity index (χ4n) is 5.04. The maximum Gasteiger partial charge on any atom is 0.488 e. The molecule has 2 fully saturated rings. The van der Waals surface area contributed by atoms with Crippen molar-refractivity contribution in [2.24, 2.45) is 11.7 Å². The number of fused-ring (bicyclic) bond motifs is 1. The van der Waals surface area contributed by atoms with E-state index in [-0.39, 0.29) is 43.2 Å². The highest BCUT2D eigenvalue weighted by atomic mass is 19.4. The van der Waals surface area contributed by atoms with Gasteiger partial charge in [-0.3, -0.25) is 0 Å². The molecule has 1 saturated carbocycles. The summed E-state index contributed by atoms with van der Waals surface area (Å²) in [7, 11) is 1.47. The maximum absolute atomic E-state index is 13.5. The average Bonchev–Trinajstić information content (AvgIpc) is 3.33. The van der Waals surface area contributed by atoms with Gasteiger partial charge in [-0.25, -0.2) is 28.0 Å². The van der Waals surface area contributed by atoms with Crippen LogP contribution in [0.15, 0.2) is 18.5 Å². The van der Waals surface area contributed by atoms with E-state index in [0.29, 0.717) is 29.7 Å². The number of amides is 2. The smallest absolute Gasteiger partial charge is 0.385 e. The number of alkyl halides is 5. The first kappa shape index (κ1) is 25.5. The molecule has 0 bridgehead atoms. The Hall–Kier alpha value is -2.54. The lowest BCUT2D eigenvalue weighted by Crippen LogP contribution is -2.45. The Bertz CT molecular complexity index is 1050. The Kier molecular flexibility index (Phi) is 6.93. The minimum absolute atomic E-state index is 0.0703. The number of aromatic nitrogens is 3. The molecule has 194 valence electrons. The molecule has 2 amide bonds. The number of methoxy groups -OCH3 is 1. The van der Waals surface area contributed by atoms with Gasteiger partial charge in [-0.05, 0) is 43.7 Å². The van der Waals surface area contributed by atoms with Crippen LogP contribution < -0.4 is 5.73 Å². The topological polar surface area (TPSA) is 89.0 Å². The van der Waals surface area contributed by atoms with E-state index in [2.05, 4.69) is 10.1 Å². The van der Waals surface area contributed by atoms with E-state index >= 15 is 0 Å². The van der Waals surface area contributed by atoms with Crippen LogP contribution in [0.4, 0.5) is 26.7 Å². The summed E-state index contributed by atoms with van der Waals surface area (Å²) in [5.41, 5.74) is 7.77. The molecule has 2 N–H and O–H groups in total. The van der Waals surface area contributed by atoms with Gasteiger partial charge in [0.2, 0.25) is 5.92 Å². The Morgan fingerprint density at radius 1 is 1.29 bits per heavy atom. The summed E-state index contributed by atoms with van der Waals surface area (Å²) in [6.45, 7) is 1.47. The van der Waals surface area contributed by atoms with E-state index in [1.54, 1.807) is 12.3 Å². The van der Waals surface area contributed by atoms with Gasteiger partial charge in [-0.1, -0.05) is 0 Å². The lowest BCUT2D eigenvalue weighted by atomic mass is 9.81. The largest absolute Gasteiger partial charge is 0.488 e. The summed E-state index contributed by atoms with van der Waals surface area (Å²) in [4.78, 5) is 18.3. The number of ether oxygens (including phenoxy) is 1. The molecule has 8 nitrogen and oxygen atoms in total. The number of urea groups is 1. The zero-order chi connectivity index (χ0) is 25.5. The van der Waals surface area contributed by atoms with Crippen LogP contribution in [0, 0.1) is 5.92 Å². The summed E-state index contributed by atoms with van der Waals surface area (Å²) in [5, 5.41) is 4.33. The molecule has 4 rings (SSSR count). The molecule has 2 aromatic rings. The minimum Gasteiger partial charge on any atom is -0.385 e. The molecule has 13 heteroatoms. The predicted molar refractivity (Wildman–Crippen MR) is 116 cm³/mol.